The van der Waals surface area contributed by atoms with E-state index in [-0.39, 0.29) is 24.2 Å². The van der Waals surface area contributed by atoms with Crippen molar-refractivity contribution in [2.24, 2.45) is 5.92 Å². The summed E-state index contributed by atoms with van der Waals surface area (Å²) in [7, 11) is 0. The predicted molar refractivity (Wildman–Crippen MR) is 86.2 cm³/mol. The van der Waals surface area contributed by atoms with Crippen LogP contribution >= 0.6 is 11.3 Å². The van der Waals surface area contributed by atoms with Gasteiger partial charge in [0.15, 0.2) is 0 Å². The van der Waals surface area contributed by atoms with Crippen molar-refractivity contribution in [3.63, 3.8) is 0 Å². The molecule has 1 N–H and O–H groups in total. The molecule has 21 heavy (non-hydrogen) atoms. The van der Waals surface area contributed by atoms with E-state index in [0.29, 0.717) is 19.1 Å². The Kier molecular flexibility index (Phi) is 5.79. The molecule has 1 aromatic heterocycles. The van der Waals surface area contributed by atoms with Crippen LogP contribution < -0.4 is 5.32 Å². The van der Waals surface area contributed by atoms with Gasteiger partial charge >= 0.3 is 0 Å². The van der Waals surface area contributed by atoms with Crippen LogP contribution in [0.3, 0.4) is 0 Å². The number of hydrogen-bond donors (Lipinski definition) is 1. The molecule has 0 saturated carbocycles. The maximum atomic E-state index is 12.8. The molecule has 0 radical (unpaired) electrons. The van der Waals surface area contributed by atoms with Gasteiger partial charge in [0, 0.05) is 11.5 Å². The van der Waals surface area contributed by atoms with Gasteiger partial charge in [-0.1, -0.05) is 26.3 Å². The van der Waals surface area contributed by atoms with Crippen molar-refractivity contribution in [2.75, 3.05) is 13.2 Å². The van der Waals surface area contributed by atoms with E-state index >= 15 is 0 Å². The third-order valence-electron chi connectivity index (χ3n) is 4.20. The Hall–Kier alpha value is -0.910. The van der Waals surface area contributed by atoms with E-state index < -0.39 is 0 Å². The van der Waals surface area contributed by atoms with Gasteiger partial charge in [-0.2, -0.15) is 0 Å². The first-order valence-corrected chi connectivity index (χ1v) is 8.67. The Balaban J connectivity index is 2.21. The lowest BCUT2D eigenvalue weighted by molar-refractivity contribution is -0.134. The maximum Gasteiger partial charge on any atom is 0.241 e. The highest BCUT2D eigenvalue weighted by Crippen LogP contribution is 2.33. The summed E-state index contributed by atoms with van der Waals surface area (Å²) in [4.78, 5) is 16.0. The molecule has 0 aromatic carbocycles. The standard InChI is InChI=1S/C16H26N2O2S/c1-5-11(3)14-16(19)18(12(4)10-20-6-2)15(17-14)13-8-7-9-21-13/h7-9,11-12,14-15,17H,5-6,10H2,1-4H3. The summed E-state index contributed by atoms with van der Waals surface area (Å²) in [5.74, 6) is 0.541. The first-order valence-electron chi connectivity index (χ1n) is 7.79. The second kappa shape index (κ2) is 7.38. The highest BCUT2D eigenvalue weighted by molar-refractivity contribution is 7.10. The van der Waals surface area contributed by atoms with E-state index in [1.165, 1.54) is 4.88 Å². The van der Waals surface area contributed by atoms with Gasteiger partial charge in [-0.15, -0.1) is 11.3 Å². The molecular weight excluding hydrogens is 284 g/mol. The molecule has 2 heterocycles. The van der Waals surface area contributed by atoms with Crippen molar-refractivity contribution in [3.8, 4) is 0 Å². The van der Waals surface area contributed by atoms with Crippen LogP contribution in [0.1, 0.15) is 45.2 Å². The number of thiophene rings is 1. The normalized spacial score (nSPS) is 25.3. The highest BCUT2D eigenvalue weighted by Gasteiger charge is 2.44. The molecule has 1 amide bonds. The Bertz CT molecular complexity index is 449. The lowest BCUT2D eigenvalue weighted by Gasteiger charge is -2.29. The molecule has 1 aromatic rings. The number of nitrogens with zero attached hydrogens (tertiary/aromatic N) is 1. The molecule has 118 valence electrons. The van der Waals surface area contributed by atoms with Crippen LogP contribution in [0.5, 0.6) is 0 Å². The number of ether oxygens (including phenoxy) is 1. The van der Waals surface area contributed by atoms with Crippen LogP contribution in [0.15, 0.2) is 17.5 Å². The largest absolute Gasteiger partial charge is 0.380 e. The van der Waals surface area contributed by atoms with E-state index in [9.17, 15) is 4.79 Å². The van der Waals surface area contributed by atoms with Crippen molar-refractivity contribution in [1.29, 1.82) is 0 Å². The van der Waals surface area contributed by atoms with Crippen LogP contribution in [0.25, 0.3) is 0 Å². The smallest absolute Gasteiger partial charge is 0.241 e. The minimum atomic E-state index is -0.0915. The van der Waals surface area contributed by atoms with E-state index in [4.69, 9.17) is 4.74 Å². The highest BCUT2D eigenvalue weighted by atomic mass is 32.1. The lowest BCUT2D eigenvalue weighted by atomic mass is 9.99. The minimum Gasteiger partial charge on any atom is -0.380 e. The molecule has 4 nitrogen and oxygen atoms in total. The van der Waals surface area contributed by atoms with Gasteiger partial charge in [-0.3, -0.25) is 10.1 Å². The average Bonchev–Trinajstić information content (AvgIpc) is 3.11. The Labute approximate surface area is 131 Å². The third kappa shape index (κ3) is 3.47. The molecule has 0 spiro atoms. The average molecular weight is 310 g/mol. The van der Waals surface area contributed by atoms with Gasteiger partial charge in [-0.05, 0) is 31.2 Å². The maximum absolute atomic E-state index is 12.8. The van der Waals surface area contributed by atoms with Gasteiger partial charge in [0.1, 0.15) is 6.17 Å². The second-order valence-electron chi connectivity index (χ2n) is 5.70. The number of nitrogens with one attached hydrogen (secondary N) is 1. The molecule has 4 unspecified atom stereocenters. The summed E-state index contributed by atoms with van der Waals surface area (Å²) >= 11 is 1.69. The Morgan fingerprint density at radius 2 is 2.19 bits per heavy atom. The summed E-state index contributed by atoms with van der Waals surface area (Å²) in [6.45, 7) is 9.57. The number of hydrogen-bond acceptors (Lipinski definition) is 4. The zero-order valence-corrected chi connectivity index (χ0v) is 14.2. The van der Waals surface area contributed by atoms with E-state index in [2.05, 4.69) is 37.5 Å². The Morgan fingerprint density at radius 1 is 1.43 bits per heavy atom. The first-order chi connectivity index (χ1) is 10.1. The second-order valence-corrected chi connectivity index (χ2v) is 6.68. The van der Waals surface area contributed by atoms with E-state index in [0.717, 1.165) is 6.42 Å². The molecule has 4 atom stereocenters. The van der Waals surface area contributed by atoms with Gasteiger partial charge in [0.2, 0.25) is 5.91 Å². The molecule has 1 fully saturated rings. The Morgan fingerprint density at radius 3 is 2.76 bits per heavy atom. The van der Waals surface area contributed by atoms with Crippen LogP contribution in [-0.4, -0.2) is 36.1 Å². The topological polar surface area (TPSA) is 41.6 Å². The van der Waals surface area contributed by atoms with Gasteiger partial charge in [-0.25, -0.2) is 0 Å². The molecule has 5 heteroatoms. The number of carbonyl (C=O) groups excluding carboxylic acids is 1. The summed E-state index contributed by atoms with van der Waals surface area (Å²) in [6, 6.07) is 4.11. The van der Waals surface area contributed by atoms with Gasteiger partial charge in [0.05, 0.1) is 18.7 Å². The molecule has 0 aliphatic carbocycles. The number of rotatable bonds is 7. The molecular formula is C16H26N2O2S. The molecule has 1 aliphatic rings. The number of carbonyl (C=O) groups is 1. The molecule has 1 saturated heterocycles. The van der Waals surface area contributed by atoms with Crippen molar-refractivity contribution >= 4 is 17.2 Å². The molecule has 2 rings (SSSR count). The van der Waals surface area contributed by atoms with Gasteiger partial charge in [0.25, 0.3) is 0 Å². The van der Waals surface area contributed by atoms with Crippen LogP contribution in [-0.2, 0) is 9.53 Å². The minimum absolute atomic E-state index is 0.0213. The monoisotopic (exact) mass is 310 g/mol. The van der Waals surface area contributed by atoms with Crippen LogP contribution in [0, 0.1) is 5.92 Å². The molecule has 0 bridgehead atoms. The summed E-state index contributed by atoms with van der Waals surface area (Å²) in [5, 5.41) is 5.59. The van der Waals surface area contributed by atoms with Gasteiger partial charge < -0.3 is 9.64 Å². The SMILES string of the molecule is CCOCC(C)N1C(=O)C(C(C)CC)NC1c1cccs1. The van der Waals surface area contributed by atoms with Crippen molar-refractivity contribution < 1.29 is 9.53 Å². The summed E-state index contributed by atoms with van der Waals surface area (Å²) in [6.07, 6.45) is 0.973. The van der Waals surface area contributed by atoms with Crippen molar-refractivity contribution in [3.05, 3.63) is 22.4 Å². The van der Waals surface area contributed by atoms with Crippen molar-refractivity contribution in [1.82, 2.24) is 10.2 Å². The van der Waals surface area contributed by atoms with Crippen LogP contribution in [0.2, 0.25) is 0 Å². The lowest BCUT2D eigenvalue weighted by Crippen LogP contribution is -2.41. The zero-order chi connectivity index (χ0) is 15.4. The van der Waals surface area contributed by atoms with E-state index in [1.54, 1.807) is 11.3 Å². The fourth-order valence-electron chi connectivity index (χ4n) is 2.76. The fraction of sp³-hybridized carbons (Fsp3) is 0.688. The summed E-state index contributed by atoms with van der Waals surface area (Å²) < 4.78 is 5.53. The molecule has 1 aliphatic heterocycles. The zero-order valence-electron chi connectivity index (χ0n) is 13.3. The van der Waals surface area contributed by atoms with Crippen molar-refractivity contribution in [2.45, 2.75) is 52.4 Å². The predicted octanol–water partition coefficient (Wildman–Crippen LogP) is 3.02. The van der Waals surface area contributed by atoms with Crippen LogP contribution in [0.4, 0.5) is 0 Å². The fourth-order valence-corrected chi connectivity index (χ4v) is 3.54. The third-order valence-corrected chi connectivity index (χ3v) is 5.12. The number of amides is 1. The first kappa shape index (κ1) is 16.5. The van der Waals surface area contributed by atoms with E-state index in [1.807, 2.05) is 17.9 Å². The summed E-state index contributed by atoms with van der Waals surface area (Å²) in [5.41, 5.74) is 0. The quantitative estimate of drug-likeness (QED) is 0.842.